The average molecular weight is 261 g/mol. The molecule has 0 aromatic heterocycles. The molecule has 0 heterocycles. The van der Waals surface area contributed by atoms with Crippen LogP contribution in [0.3, 0.4) is 0 Å². The number of non-ortho nitro benzene ring substituents is 1. The van der Waals surface area contributed by atoms with E-state index in [9.17, 15) is 18.5 Å². The van der Waals surface area contributed by atoms with Crippen LogP contribution in [-0.4, -0.2) is 31.7 Å². The molecule has 0 aliphatic carbocycles. The van der Waals surface area contributed by atoms with Gasteiger partial charge in [-0.1, -0.05) is 0 Å². The van der Waals surface area contributed by atoms with E-state index in [-0.39, 0.29) is 30.2 Å². The van der Waals surface area contributed by atoms with E-state index in [1.807, 2.05) is 0 Å². The molecule has 0 amide bonds. The molecule has 1 rings (SSSR count). The largest absolute Gasteiger partial charge is 0.396 e. The van der Waals surface area contributed by atoms with Crippen molar-refractivity contribution in [2.24, 2.45) is 0 Å². The number of rotatable bonds is 6. The third-order valence-corrected chi connectivity index (χ3v) is 3.20. The zero-order valence-electron chi connectivity index (χ0n) is 8.77. The van der Waals surface area contributed by atoms with Gasteiger partial charge in [-0.2, -0.15) is 8.42 Å². The van der Waals surface area contributed by atoms with Crippen LogP contribution in [0.5, 0.6) is 0 Å². The summed E-state index contributed by atoms with van der Waals surface area (Å²) in [6.07, 6.45) is 0.201. The molecule has 7 nitrogen and oxygen atoms in total. The highest BCUT2D eigenvalue weighted by molar-refractivity contribution is 7.86. The minimum atomic E-state index is -3.91. The highest BCUT2D eigenvalue weighted by Gasteiger charge is 2.16. The van der Waals surface area contributed by atoms with Gasteiger partial charge in [-0.3, -0.25) is 14.3 Å². The summed E-state index contributed by atoms with van der Waals surface area (Å²) in [6.45, 7) is -0.300. The summed E-state index contributed by atoms with van der Waals surface area (Å²) in [5.41, 5.74) is -0.195. The second-order valence-electron chi connectivity index (χ2n) is 3.10. The number of nitro groups is 1. The van der Waals surface area contributed by atoms with Gasteiger partial charge in [0.15, 0.2) is 0 Å². The minimum absolute atomic E-state index is 0.129. The Morgan fingerprint density at radius 3 is 2.35 bits per heavy atom. The van der Waals surface area contributed by atoms with E-state index in [4.69, 9.17) is 5.11 Å². The van der Waals surface area contributed by atoms with Crippen LogP contribution in [0.25, 0.3) is 0 Å². The highest BCUT2D eigenvalue weighted by Crippen LogP contribution is 2.17. The first-order valence-electron chi connectivity index (χ1n) is 4.72. The normalized spacial score (nSPS) is 11.4. The van der Waals surface area contributed by atoms with Gasteiger partial charge in [-0.25, -0.2) is 0 Å². The van der Waals surface area contributed by atoms with Crippen LogP contribution in [-0.2, 0) is 14.3 Å². The summed E-state index contributed by atoms with van der Waals surface area (Å²) in [5.74, 6) is 0. The summed E-state index contributed by atoms with van der Waals surface area (Å²) in [4.78, 5) is 9.60. The first-order chi connectivity index (χ1) is 7.97. The van der Waals surface area contributed by atoms with E-state index < -0.39 is 15.0 Å². The quantitative estimate of drug-likeness (QED) is 0.349. The van der Waals surface area contributed by atoms with Gasteiger partial charge in [-0.05, 0) is 18.6 Å². The number of hydrogen-bond donors (Lipinski definition) is 1. The van der Waals surface area contributed by atoms with Crippen molar-refractivity contribution in [3.63, 3.8) is 0 Å². The van der Waals surface area contributed by atoms with Crippen molar-refractivity contribution >= 4 is 15.8 Å². The van der Waals surface area contributed by atoms with Crippen LogP contribution in [0.2, 0.25) is 0 Å². The Morgan fingerprint density at radius 1 is 1.29 bits per heavy atom. The van der Waals surface area contributed by atoms with Gasteiger partial charge >= 0.3 is 0 Å². The molecule has 17 heavy (non-hydrogen) atoms. The molecule has 1 N–H and O–H groups in total. The smallest absolute Gasteiger partial charge is 0.296 e. The van der Waals surface area contributed by atoms with Gasteiger partial charge in [0.1, 0.15) is 0 Å². The van der Waals surface area contributed by atoms with Gasteiger partial charge in [0.2, 0.25) is 0 Å². The van der Waals surface area contributed by atoms with Crippen LogP contribution in [0.1, 0.15) is 6.42 Å². The number of aliphatic hydroxyl groups is 1. The molecule has 0 bridgehead atoms. The van der Waals surface area contributed by atoms with Crippen molar-refractivity contribution in [3.05, 3.63) is 34.4 Å². The molecule has 94 valence electrons. The monoisotopic (exact) mass is 261 g/mol. The fourth-order valence-corrected chi connectivity index (χ4v) is 1.98. The van der Waals surface area contributed by atoms with Crippen molar-refractivity contribution in [3.8, 4) is 0 Å². The molecule has 0 fully saturated rings. The minimum Gasteiger partial charge on any atom is -0.396 e. The molecule has 0 aliphatic heterocycles. The second-order valence-corrected chi connectivity index (χ2v) is 4.72. The fraction of sp³-hybridized carbons (Fsp3) is 0.333. The molecule has 1 aromatic rings. The average Bonchev–Trinajstić information content (AvgIpc) is 2.29. The van der Waals surface area contributed by atoms with E-state index in [0.717, 1.165) is 24.3 Å². The third-order valence-electron chi connectivity index (χ3n) is 1.88. The Morgan fingerprint density at radius 2 is 1.88 bits per heavy atom. The second kappa shape index (κ2) is 5.71. The number of nitro benzene ring substituents is 1. The van der Waals surface area contributed by atoms with Crippen molar-refractivity contribution in [2.45, 2.75) is 11.3 Å². The molecule has 0 radical (unpaired) electrons. The Labute approximate surface area is 97.9 Å². The molecule has 0 saturated carbocycles. The van der Waals surface area contributed by atoms with Crippen LogP contribution in [0, 0.1) is 10.1 Å². The Hall–Kier alpha value is -1.51. The van der Waals surface area contributed by atoms with Crippen LogP contribution < -0.4 is 0 Å². The molecule has 0 atom stereocenters. The molecule has 0 aliphatic rings. The van der Waals surface area contributed by atoms with E-state index in [0.29, 0.717) is 0 Å². The summed E-state index contributed by atoms with van der Waals surface area (Å²) < 4.78 is 27.6. The number of hydrogen-bond acceptors (Lipinski definition) is 6. The number of aliphatic hydroxyl groups excluding tert-OH is 1. The summed E-state index contributed by atoms with van der Waals surface area (Å²) >= 11 is 0. The van der Waals surface area contributed by atoms with Gasteiger partial charge < -0.3 is 5.11 Å². The van der Waals surface area contributed by atoms with Gasteiger partial charge in [-0.15, -0.1) is 0 Å². The van der Waals surface area contributed by atoms with Crippen LogP contribution >= 0.6 is 0 Å². The molecular weight excluding hydrogens is 250 g/mol. The maximum absolute atomic E-state index is 11.5. The lowest BCUT2D eigenvalue weighted by molar-refractivity contribution is -0.384. The Balaban J connectivity index is 2.81. The maximum atomic E-state index is 11.5. The number of nitrogens with zero attached hydrogens (tertiary/aromatic N) is 1. The summed E-state index contributed by atoms with van der Waals surface area (Å²) in [7, 11) is -3.91. The first kappa shape index (κ1) is 13.6. The lowest BCUT2D eigenvalue weighted by Gasteiger charge is -2.04. The zero-order chi connectivity index (χ0) is 12.9. The standard InChI is InChI=1S/C9H11NO6S/c11-6-1-7-16-17(14,15)9-4-2-8(3-5-9)10(12)13/h2-5,11H,1,6-7H2. The van der Waals surface area contributed by atoms with Crippen LogP contribution in [0.4, 0.5) is 5.69 Å². The van der Waals surface area contributed by atoms with Crippen molar-refractivity contribution in [1.29, 1.82) is 0 Å². The molecular formula is C9H11NO6S. The third kappa shape index (κ3) is 3.77. The molecule has 0 spiro atoms. The topological polar surface area (TPSA) is 107 Å². The predicted molar refractivity (Wildman–Crippen MR) is 57.9 cm³/mol. The zero-order valence-corrected chi connectivity index (χ0v) is 9.59. The lowest BCUT2D eigenvalue weighted by Crippen LogP contribution is -2.08. The predicted octanol–water partition coefficient (Wildman–Crippen LogP) is 0.683. The van der Waals surface area contributed by atoms with E-state index >= 15 is 0 Å². The van der Waals surface area contributed by atoms with Gasteiger partial charge in [0, 0.05) is 18.7 Å². The molecule has 8 heteroatoms. The Bertz CT molecular complexity index is 481. The number of benzene rings is 1. The highest BCUT2D eigenvalue weighted by atomic mass is 32.2. The first-order valence-corrected chi connectivity index (χ1v) is 6.13. The van der Waals surface area contributed by atoms with Crippen molar-refractivity contribution in [2.75, 3.05) is 13.2 Å². The van der Waals surface area contributed by atoms with Gasteiger partial charge in [0.05, 0.1) is 16.4 Å². The lowest BCUT2D eigenvalue weighted by atomic mass is 10.3. The van der Waals surface area contributed by atoms with E-state index in [2.05, 4.69) is 4.18 Å². The molecule has 1 aromatic carbocycles. The fourth-order valence-electron chi connectivity index (χ4n) is 1.04. The SMILES string of the molecule is O=[N+]([O-])c1ccc(S(=O)(=O)OCCCO)cc1. The summed E-state index contributed by atoms with van der Waals surface area (Å²) in [6, 6.07) is 4.38. The molecule has 0 saturated heterocycles. The summed E-state index contributed by atoms with van der Waals surface area (Å²) in [5, 5.41) is 18.9. The van der Waals surface area contributed by atoms with E-state index in [1.54, 1.807) is 0 Å². The van der Waals surface area contributed by atoms with Crippen molar-refractivity contribution < 1.29 is 22.6 Å². The van der Waals surface area contributed by atoms with Crippen LogP contribution in [0.15, 0.2) is 29.2 Å². The van der Waals surface area contributed by atoms with Crippen molar-refractivity contribution in [1.82, 2.24) is 0 Å². The Kier molecular flexibility index (Phi) is 4.55. The molecule has 0 unspecified atom stereocenters. The maximum Gasteiger partial charge on any atom is 0.296 e. The van der Waals surface area contributed by atoms with Gasteiger partial charge in [0.25, 0.3) is 15.8 Å². The van der Waals surface area contributed by atoms with E-state index in [1.165, 1.54) is 0 Å².